The van der Waals surface area contributed by atoms with Gasteiger partial charge in [0, 0.05) is 26.2 Å². The van der Waals surface area contributed by atoms with Crippen molar-refractivity contribution in [2.24, 2.45) is 0 Å². The number of hydrogen-bond acceptors (Lipinski definition) is 5. The molecule has 0 saturated heterocycles. The molecule has 0 spiro atoms. The summed E-state index contributed by atoms with van der Waals surface area (Å²) in [6, 6.07) is 0.717. The van der Waals surface area contributed by atoms with Crippen LogP contribution in [0.25, 0.3) is 0 Å². The lowest BCUT2D eigenvalue weighted by molar-refractivity contribution is -0.206. The molecule has 0 amide bonds. The van der Waals surface area contributed by atoms with Gasteiger partial charge in [0.05, 0.1) is 5.56 Å². The molecule has 0 unspecified atom stereocenters. The van der Waals surface area contributed by atoms with Gasteiger partial charge in [-0.3, -0.25) is 4.79 Å². The lowest BCUT2D eigenvalue weighted by Crippen LogP contribution is -2.34. The van der Waals surface area contributed by atoms with Crippen molar-refractivity contribution in [1.29, 1.82) is 0 Å². The van der Waals surface area contributed by atoms with Crippen molar-refractivity contribution in [3.8, 4) is 5.75 Å². The van der Waals surface area contributed by atoms with Gasteiger partial charge in [0.25, 0.3) is 0 Å². The Morgan fingerprint density at radius 3 is 2.32 bits per heavy atom. The first-order valence-electron chi connectivity index (χ1n) is 8.59. The third-order valence-electron chi connectivity index (χ3n) is 3.57. The Bertz CT molecular complexity index is 675. The van der Waals surface area contributed by atoms with E-state index in [2.05, 4.69) is 9.47 Å². The summed E-state index contributed by atoms with van der Waals surface area (Å²) < 4.78 is 80.8. The molecule has 1 atom stereocenters. The highest BCUT2D eigenvalue weighted by atomic mass is 19.4. The van der Waals surface area contributed by atoms with Crippen LogP contribution >= 0.6 is 0 Å². The van der Waals surface area contributed by atoms with E-state index in [0.29, 0.717) is 38.2 Å². The summed E-state index contributed by atoms with van der Waals surface area (Å²) in [5.74, 6) is -6.05. The number of ether oxygens (including phenoxy) is 3. The maximum atomic E-state index is 13.9. The first kappa shape index (κ1) is 23.8. The summed E-state index contributed by atoms with van der Waals surface area (Å²) in [6.07, 6.45) is -6.76. The molecule has 0 aliphatic heterocycles. The van der Waals surface area contributed by atoms with Gasteiger partial charge in [-0.2, -0.15) is 13.2 Å². The lowest BCUT2D eigenvalue weighted by Gasteiger charge is -2.21. The number of benzene rings is 1. The molecule has 0 aromatic heterocycles. The SMILES string of the molecule is CCOCCCCC[C@@H](OC(=O)c1cc(F)c(OC(C)=O)cc1F)C(F)(F)F. The van der Waals surface area contributed by atoms with Crippen molar-refractivity contribution < 1.29 is 45.8 Å². The van der Waals surface area contributed by atoms with Crippen LogP contribution in [0.5, 0.6) is 5.75 Å². The van der Waals surface area contributed by atoms with Crippen LogP contribution in [0.2, 0.25) is 0 Å². The highest BCUT2D eigenvalue weighted by Gasteiger charge is 2.42. The van der Waals surface area contributed by atoms with Crippen LogP contribution in [-0.2, 0) is 14.3 Å². The number of carbonyl (C=O) groups excluding carboxylic acids is 2. The quantitative estimate of drug-likeness (QED) is 0.244. The first-order valence-corrected chi connectivity index (χ1v) is 8.59. The zero-order chi connectivity index (χ0) is 21.3. The van der Waals surface area contributed by atoms with Crippen molar-refractivity contribution in [3.63, 3.8) is 0 Å². The molecule has 0 heterocycles. The largest absolute Gasteiger partial charge is 0.449 e. The van der Waals surface area contributed by atoms with Crippen molar-refractivity contribution >= 4 is 11.9 Å². The molecule has 1 aromatic rings. The molecule has 5 nitrogen and oxygen atoms in total. The molecular weight excluding hydrogens is 391 g/mol. The molecule has 1 aromatic carbocycles. The van der Waals surface area contributed by atoms with Gasteiger partial charge >= 0.3 is 18.1 Å². The van der Waals surface area contributed by atoms with Crippen molar-refractivity contribution in [2.75, 3.05) is 13.2 Å². The molecule has 0 N–H and O–H groups in total. The molecule has 0 bridgehead atoms. The molecule has 28 heavy (non-hydrogen) atoms. The molecular formula is C18H21F5O5. The Morgan fingerprint density at radius 1 is 1.07 bits per heavy atom. The highest BCUT2D eigenvalue weighted by molar-refractivity contribution is 5.90. The van der Waals surface area contributed by atoms with Crippen LogP contribution < -0.4 is 4.74 Å². The van der Waals surface area contributed by atoms with Gasteiger partial charge in [-0.25, -0.2) is 13.6 Å². The van der Waals surface area contributed by atoms with E-state index in [1.54, 1.807) is 6.92 Å². The van der Waals surface area contributed by atoms with E-state index >= 15 is 0 Å². The number of alkyl halides is 3. The van der Waals surface area contributed by atoms with Gasteiger partial charge in [0.1, 0.15) is 5.82 Å². The number of halogens is 5. The predicted molar refractivity (Wildman–Crippen MR) is 87.9 cm³/mol. The van der Waals surface area contributed by atoms with Crippen LogP contribution in [0.4, 0.5) is 22.0 Å². The zero-order valence-electron chi connectivity index (χ0n) is 15.4. The monoisotopic (exact) mass is 412 g/mol. The molecule has 0 aliphatic rings. The molecule has 0 saturated carbocycles. The number of hydrogen-bond donors (Lipinski definition) is 0. The Morgan fingerprint density at radius 2 is 1.75 bits per heavy atom. The van der Waals surface area contributed by atoms with E-state index in [0.717, 1.165) is 6.92 Å². The van der Waals surface area contributed by atoms with Gasteiger partial charge in [-0.15, -0.1) is 0 Å². The Hall–Kier alpha value is -2.23. The first-order chi connectivity index (χ1) is 13.1. The Balaban J connectivity index is 2.79. The molecule has 10 heteroatoms. The minimum absolute atomic E-state index is 0.104. The fraction of sp³-hybridized carbons (Fsp3) is 0.556. The highest BCUT2D eigenvalue weighted by Crippen LogP contribution is 2.29. The third kappa shape index (κ3) is 7.79. The number of carbonyl (C=O) groups is 2. The second kappa shape index (κ2) is 10.9. The molecule has 0 fully saturated rings. The summed E-state index contributed by atoms with van der Waals surface area (Å²) >= 11 is 0. The fourth-order valence-electron chi connectivity index (χ4n) is 2.26. The smallest absolute Gasteiger partial charge is 0.425 e. The second-order valence-corrected chi connectivity index (χ2v) is 5.84. The average Bonchev–Trinajstić information content (AvgIpc) is 2.58. The standard InChI is InChI=1S/C18H21F5O5/c1-3-26-8-6-4-5-7-16(18(21,22)23)28-17(25)12-9-14(20)15(10-13(12)19)27-11(2)24/h9-10,16H,3-8H2,1-2H3/t16-/m1/s1. The molecule has 158 valence electrons. The van der Waals surface area contributed by atoms with E-state index < -0.39 is 53.6 Å². The number of unbranched alkanes of at least 4 members (excludes halogenated alkanes) is 2. The van der Waals surface area contributed by atoms with Crippen LogP contribution in [0.1, 0.15) is 49.9 Å². The van der Waals surface area contributed by atoms with Crippen LogP contribution in [-0.4, -0.2) is 37.4 Å². The zero-order valence-corrected chi connectivity index (χ0v) is 15.4. The second-order valence-electron chi connectivity index (χ2n) is 5.84. The van der Waals surface area contributed by atoms with E-state index in [1.807, 2.05) is 0 Å². The van der Waals surface area contributed by atoms with Crippen molar-refractivity contribution in [3.05, 3.63) is 29.3 Å². The van der Waals surface area contributed by atoms with Gasteiger partial charge in [-0.05, 0) is 32.3 Å². The summed E-state index contributed by atoms with van der Waals surface area (Å²) in [6.45, 7) is 3.65. The average molecular weight is 412 g/mol. The Kier molecular flexibility index (Phi) is 9.30. The number of esters is 2. The normalized spacial score (nSPS) is 12.5. The van der Waals surface area contributed by atoms with Crippen LogP contribution in [0.15, 0.2) is 12.1 Å². The maximum Gasteiger partial charge on any atom is 0.425 e. The molecule has 0 aliphatic carbocycles. The molecule has 1 rings (SSSR count). The number of rotatable bonds is 10. The van der Waals surface area contributed by atoms with Crippen molar-refractivity contribution in [1.82, 2.24) is 0 Å². The van der Waals surface area contributed by atoms with Gasteiger partial charge < -0.3 is 14.2 Å². The summed E-state index contributed by atoms with van der Waals surface area (Å²) in [4.78, 5) is 22.7. The van der Waals surface area contributed by atoms with Crippen LogP contribution in [0.3, 0.4) is 0 Å². The van der Waals surface area contributed by atoms with E-state index in [9.17, 15) is 31.5 Å². The third-order valence-corrected chi connectivity index (χ3v) is 3.57. The molecule has 0 radical (unpaired) electrons. The van der Waals surface area contributed by atoms with E-state index in [-0.39, 0.29) is 6.42 Å². The minimum Gasteiger partial charge on any atom is -0.449 e. The van der Waals surface area contributed by atoms with Gasteiger partial charge in [0.2, 0.25) is 0 Å². The van der Waals surface area contributed by atoms with Gasteiger partial charge in [-0.1, -0.05) is 6.42 Å². The van der Waals surface area contributed by atoms with Crippen LogP contribution in [0, 0.1) is 11.6 Å². The van der Waals surface area contributed by atoms with E-state index in [4.69, 9.17) is 4.74 Å². The van der Waals surface area contributed by atoms with Gasteiger partial charge in [0.15, 0.2) is 17.7 Å². The Labute approximate surface area is 158 Å². The van der Waals surface area contributed by atoms with Crippen molar-refractivity contribution in [2.45, 2.75) is 51.8 Å². The summed E-state index contributed by atoms with van der Waals surface area (Å²) in [7, 11) is 0. The topological polar surface area (TPSA) is 61.8 Å². The predicted octanol–water partition coefficient (Wildman–Crippen LogP) is 4.57. The minimum atomic E-state index is -4.86. The maximum absolute atomic E-state index is 13.9. The fourth-order valence-corrected chi connectivity index (χ4v) is 2.26. The summed E-state index contributed by atoms with van der Waals surface area (Å²) in [5.41, 5.74) is -1.03. The summed E-state index contributed by atoms with van der Waals surface area (Å²) in [5, 5.41) is 0. The lowest BCUT2D eigenvalue weighted by atomic mass is 10.1. The van der Waals surface area contributed by atoms with E-state index in [1.165, 1.54) is 0 Å².